The largest absolute Gasteiger partial charge is 0.504 e. The van der Waals surface area contributed by atoms with Gasteiger partial charge in [-0.2, -0.15) is 0 Å². The molecule has 5 heteroatoms. The predicted octanol–water partition coefficient (Wildman–Crippen LogP) is 7.98. The number of carbonyl (C=O) groups is 1. The highest BCUT2D eigenvalue weighted by atomic mass is 16.5. The third-order valence-electron chi connectivity index (χ3n) is 8.61. The normalized spacial score (nSPS) is 12.2. The second-order valence-electron chi connectivity index (χ2n) is 10.8. The van der Waals surface area contributed by atoms with Crippen molar-refractivity contribution in [3.05, 3.63) is 88.0 Å². The lowest BCUT2D eigenvalue weighted by molar-refractivity contribution is -0.136. The molecule has 0 aliphatic carbocycles. The molecule has 3 aromatic carbocycles. The van der Waals surface area contributed by atoms with E-state index in [9.17, 15) is 20.1 Å². The van der Waals surface area contributed by atoms with Crippen molar-refractivity contribution in [2.45, 2.75) is 84.7 Å². The summed E-state index contributed by atoms with van der Waals surface area (Å²) < 4.78 is 5.35. The fourth-order valence-corrected chi connectivity index (χ4v) is 5.69. The van der Waals surface area contributed by atoms with Crippen molar-refractivity contribution >= 4 is 12.0 Å². The van der Waals surface area contributed by atoms with Crippen molar-refractivity contribution in [1.82, 2.24) is 0 Å². The van der Waals surface area contributed by atoms with E-state index in [2.05, 4.69) is 51.1 Å². The Morgan fingerprint density at radius 2 is 1.45 bits per heavy atom. The lowest BCUT2D eigenvalue weighted by Crippen LogP contribution is -2.26. The maximum absolute atomic E-state index is 11.4. The molecule has 0 aliphatic rings. The second kappa shape index (κ2) is 12.7. The summed E-state index contributed by atoms with van der Waals surface area (Å²) in [5.74, 6) is -0.679. The summed E-state index contributed by atoms with van der Waals surface area (Å²) in [6.07, 6.45) is 6.97. The van der Waals surface area contributed by atoms with E-state index < -0.39 is 11.6 Å². The van der Waals surface area contributed by atoms with Gasteiger partial charge in [0.05, 0.1) is 19.1 Å². The van der Waals surface area contributed by atoms with Gasteiger partial charge in [-0.25, -0.2) is 0 Å². The van der Waals surface area contributed by atoms with Crippen LogP contribution in [0.4, 0.5) is 0 Å². The maximum Gasteiger partial charge on any atom is 0.307 e. The summed E-state index contributed by atoms with van der Waals surface area (Å²) in [4.78, 5) is 11.4. The van der Waals surface area contributed by atoms with Crippen LogP contribution in [0.1, 0.15) is 86.8 Å². The Balaban J connectivity index is 2.07. The molecular weight excluding hydrogens is 500 g/mol. The fourth-order valence-electron chi connectivity index (χ4n) is 5.69. The van der Waals surface area contributed by atoms with Crippen LogP contribution in [0.2, 0.25) is 0 Å². The van der Waals surface area contributed by atoms with Gasteiger partial charge in [-0.3, -0.25) is 4.79 Å². The predicted molar refractivity (Wildman–Crippen MR) is 163 cm³/mol. The third kappa shape index (κ3) is 6.26. The Hall–Kier alpha value is -3.57. The number of rotatable bonds is 12. The Morgan fingerprint density at radius 1 is 0.850 bits per heavy atom. The van der Waals surface area contributed by atoms with Gasteiger partial charge in [0.1, 0.15) is 0 Å². The summed E-state index contributed by atoms with van der Waals surface area (Å²) in [6, 6.07) is 16.2. The highest BCUT2D eigenvalue weighted by molar-refractivity contribution is 5.79. The highest BCUT2D eigenvalue weighted by Crippen LogP contribution is 2.44. The second-order valence-corrected chi connectivity index (χ2v) is 10.8. The van der Waals surface area contributed by atoms with E-state index >= 15 is 0 Å². The van der Waals surface area contributed by atoms with Crippen molar-refractivity contribution in [3.63, 3.8) is 0 Å². The van der Waals surface area contributed by atoms with Crippen LogP contribution in [0, 0.1) is 13.8 Å². The summed E-state index contributed by atoms with van der Waals surface area (Å²) in [6.45, 7) is 12.6. The van der Waals surface area contributed by atoms with Gasteiger partial charge in [0.2, 0.25) is 0 Å². The van der Waals surface area contributed by atoms with Crippen molar-refractivity contribution < 1.29 is 24.9 Å². The highest BCUT2D eigenvalue weighted by Gasteiger charge is 2.31. The van der Waals surface area contributed by atoms with Crippen LogP contribution in [0.25, 0.3) is 17.2 Å². The van der Waals surface area contributed by atoms with Gasteiger partial charge in [0.25, 0.3) is 0 Å². The first kappa shape index (κ1) is 31.0. The average molecular weight is 545 g/mol. The molecule has 0 amide bonds. The molecule has 0 atom stereocenters. The maximum atomic E-state index is 11.4. The fraction of sp³-hybridized carbons (Fsp3) is 0.400. The number of aromatic hydroxyl groups is 1. The standard InChI is InChI=1S/C35H44O5/c1-8-34(39,9-2)17-16-26-12-13-27(18-23(26)5)35(10-3,11-4)28-14-15-29(24(6)19-28)30-20-25(22-32(36)37)21-31(40-7)33(30)38/h12-21,38-39H,8-11,22H2,1-7H3,(H,36,37). The number of hydrogen-bond donors (Lipinski definition) is 3. The molecule has 214 valence electrons. The van der Waals surface area contributed by atoms with Gasteiger partial charge in [-0.15, -0.1) is 0 Å². The number of aliphatic hydroxyl groups is 1. The van der Waals surface area contributed by atoms with Gasteiger partial charge in [0, 0.05) is 11.0 Å². The van der Waals surface area contributed by atoms with E-state index in [0.29, 0.717) is 24.0 Å². The Kier molecular flexibility index (Phi) is 9.86. The van der Waals surface area contributed by atoms with E-state index in [-0.39, 0.29) is 23.3 Å². The molecule has 0 spiro atoms. The van der Waals surface area contributed by atoms with Crippen molar-refractivity contribution in [1.29, 1.82) is 0 Å². The van der Waals surface area contributed by atoms with Crippen molar-refractivity contribution in [2.75, 3.05) is 7.11 Å². The number of phenolic OH excluding ortho intramolecular Hbond substituents is 1. The van der Waals surface area contributed by atoms with Gasteiger partial charge in [0.15, 0.2) is 11.5 Å². The molecular formula is C35H44O5. The van der Waals surface area contributed by atoms with Crippen LogP contribution in [-0.4, -0.2) is 34.0 Å². The van der Waals surface area contributed by atoms with E-state index in [1.807, 2.05) is 39.0 Å². The summed E-state index contributed by atoms with van der Waals surface area (Å²) in [5.41, 5.74) is 6.67. The van der Waals surface area contributed by atoms with Crippen LogP contribution in [0.15, 0.2) is 54.6 Å². The molecule has 3 aromatic rings. The molecule has 5 nitrogen and oxygen atoms in total. The molecule has 0 bridgehead atoms. The first-order valence-corrected chi connectivity index (χ1v) is 14.2. The van der Waals surface area contributed by atoms with Gasteiger partial charge in [-0.05, 0) is 90.6 Å². The van der Waals surface area contributed by atoms with E-state index in [4.69, 9.17) is 4.74 Å². The minimum atomic E-state index is -0.940. The zero-order valence-electron chi connectivity index (χ0n) is 25.0. The SMILES string of the molecule is CCC(O)(C=Cc1ccc(C(CC)(CC)c2ccc(-c3cc(CC(=O)O)cc(OC)c3O)c(C)c2)cc1C)CC. The van der Waals surface area contributed by atoms with Crippen molar-refractivity contribution in [3.8, 4) is 22.6 Å². The van der Waals surface area contributed by atoms with E-state index in [0.717, 1.165) is 35.1 Å². The molecule has 0 aromatic heterocycles. The van der Waals surface area contributed by atoms with Crippen LogP contribution >= 0.6 is 0 Å². The molecule has 0 aliphatic heterocycles. The number of methoxy groups -OCH3 is 1. The van der Waals surface area contributed by atoms with Gasteiger partial charge >= 0.3 is 5.97 Å². The number of aliphatic carboxylic acids is 1. The summed E-state index contributed by atoms with van der Waals surface area (Å²) in [7, 11) is 1.47. The minimum Gasteiger partial charge on any atom is -0.504 e. The van der Waals surface area contributed by atoms with Gasteiger partial charge < -0.3 is 20.1 Å². The smallest absolute Gasteiger partial charge is 0.307 e. The molecule has 0 fully saturated rings. The average Bonchev–Trinajstić information content (AvgIpc) is 2.94. The molecule has 40 heavy (non-hydrogen) atoms. The van der Waals surface area contributed by atoms with Crippen LogP contribution in [0.3, 0.4) is 0 Å². The Morgan fingerprint density at radius 3 is 1.95 bits per heavy atom. The molecule has 3 rings (SSSR count). The Labute approximate surface area is 239 Å². The van der Waals surface area contributed by atoms with Crippen LogP contribution in [-0.2, 0) is 16.6 Å². The first-order chi connectivity index (χ1) is 19.0. The topological polar surface area (TPSA) is 87.0 Å². The van der Waals surface area contributed by atoms with E-state index in [1.165, 1.54) is 18.2 Å². The lowest BCUT2D eigenvalue weighted by atomic mass is 9.69. The zero-order valence-corrected chi connectivity index (χ0v) is 25.0. The zero-order chi connectivity index (χ0) is 29.7. The monoisotopic (exact) mass is 544 g/mol. The molecule has 0 heterocycles. The summed E-state index contributed by atoms with van der Waals surface area (Å²) in [5, 5.41) is 30.9. The third-order valence-corrected chi connectivity index (χ3v) is 8.61. The van der Waals surface area contributed by atoms with E-state index in [1.54, 1.807) is 12.1 Å². The lowest BCUT2D eigenvalue weighted by Gasteiger charge is -2.34. The van der Waals surface area contributed by atoms with Crippen LogP contribution < -0.4 is 4.74 Å². The number of benzene rings is 3. The quantitative estimate of drug-likeness (QED) is 0.215. The van der Waals surface area contributed by atoms with Gasteiger partial charge in [-0.1, -0.05) is 76.2 Å². The first-order valence-electron chi connectivity index (χ1n) is 14.2. The molecule has 0 saturated heterocycles. The number of ether oxygens (including phenoxy) is 1. The van der Waals surface area contributed by atoms with Crippen LogP contribution in [0.5, 0.6) is 11.5 Å². The minimum absolute atomic E-state index is 0.00190. The molecule has 0 radical (unpaired) electrons. The molecule has 0 unspecified atom stereocenters. The van der Waals surface area contributed by atoms with Crippen molar-refractivity contribution in [2.24, 2.45) is 0 Å². The molecule has 0 saturated carbocycles. The Bertz CT molecular complexity index is 1380. The number of hydrogen-bond acceptors (Lipinski definition) is 4. The number of aryl methyl sites for hydroxylation is 2. The molecule has 3 N–H and O–H groups in total. The number of carboxylic acid groups (broad SMARTS) is 1. The number of carboxylic acids is 1. The number of phenols is 1. The summed E-state index contributed by atoms with van der Waals surface area (Å²) >= 11 is 0.